The molecular formula is C27H25N3O. The van der Waals surface area contributed by atoms with Gasteiger partial charge >= 0.3 is 0 Å². The van der Waals surface area contributed by atoms with E-state index in [2.05, 4.69) is 34.6 Å². The summed E-state index contributed by atoms with van der Waals surface area (Å²) >= 11 is 0. The summed E-state index contributed by atoms with van der Waals surface area (Å²) in [5.74, 6) is 1.18. The van der Waals surface area contributed by atoms with Gasteiger partial charge in [0.2, 0.25) is 0 Å². The summed E-state index contributed by atoms with van der Waals surface area (Å²) in [7, 11) is 0. The van der Waals surface area contributed by atoms with Gasteiger partial charge in [0.1, 0.15) is 12.4 Å². The molecule has 4 aromatic carbocycles. The number of nitrogens with two attached hydrogens (primary N) is 1. The van der Waals surface area contributed by atoms with Crippen LogP contribution < -0.4 is 15.8 Å². The number of ether oxygens (including phenoxy) is 1. The van der Waals surface area contributed by atoms with Gasteiger partial charge in [-0.05, 0) is 46.5 Å². The molecule has 0 saturated heterocycles. The van der Waals surface area contributed by atoms with E-state index in [-0.39, 0.29) is 0 Å². The van der Waals surface area contributed by atoms with Crippen molar-refractivity contribution in [3.63, 3.8) is 0 Å². The summed E-state index contributed by atoms with van der Waals surface area (Å²) in [4.78, 5) is 4.53. The maximum absolute atomic E-state index is 6.12. The summed E-state index contributed by atoms with van der Waals surface area (Å²) in [6, 6.07) is 36.4. The molecule has 0 aliphatic heterocycles. The minimum atomic E-state index is 0.376. The lowest BCUT2D eigenvalue weighted by Gasteiger charge is -2.10. The van der Waals surface area contributed by atoms with Gasteiger partial charge in [0, 0.05) is 5.69 Å². The highest BCUT2D eigenvalue weighted by atomic mass is 16.5. The monoisotopic (exact) mass is 407 g/mol. The van der Waals surface area contributed by atoms with Crippen LogP contribution in [0.5, 0.6) is 5.75 Å². The SMILES string of the molecule is NC(=NCc1ccccc1-c1ccccc1)Nc1ccc(OCc2ccccc2)cc1. The molecule has 0 spiro atoms. The summed E-state index contributed by atoms with van der Waals surface area (Å²) in [6.45, 7) is 1.04. The first kappa shape index (κ1) is 20.2. The highest BCUT2D eigenvalue weighted by Gasteiger charge is 2.04. The Bertz CT molecular complexity index is 1120. The first-order valence-corrected chi connectivity index (χ1v) is 10.2. The number of guanidine groups is 1. The largest absolute Gasteiger partial charge is 0.489 e. The molecule has 0 heterocycles. The van der Waals surface area contributed by atoms with Crippen LogP contribution in [0.2, 0.25) is 0 Å². The molecule has 0 aromatic heterocycles. The van der Waals surface area contributed by atoms with Gasteiger partial charge in [0.25, 0.3) is 0 Å². The third-order valence-electron chi connectivity index (χ3n) is 4.90. The fourth-order valence-corrected chi connectivity index (χ4v) is 3.29. The highest BCUT2D eigenvalue weighted by Crippen LogP contribution is 2.24. The number of hydrogen-bond donors (Lipinski definition) is 2. The molecule has 0 aliphatic rings. The zero-order valence-corrected chi connectivity index (χ0v) is 17.2. The number of nitrogens with one attached hydrogen (secondary N) is 1. The van der Waals surface area contributed by atoms with Crippen LogP contribution in [0.25, 0.3) is 11.1 Å². The minimum Gasteiger partial charge on any atom is -0.489 e. The van der Waals surface area contributed by atoms with Crippen molar-refractivity contribution < 1.29 is 4.74 Å². The van der Waals surface area contributed by atoms with Gasteiger partial charge in [-0.2, -0.15) is 0 Å². The van der Waals surface area contributed by atoms with Gasteiger partial charge < -0.3 is 15.8 Å². The molecule has 0 atom stereocenters. The van der Waals surface area contributed by atoms with Crippen molar-refractivity contribution in [1.29, 1.82) is 0 Å². The average Bonchev–Trinajstić information content (AvgIpc) is 2.84. The van der Waals surface area contributed by atoms with Crippen LogP contribution in [0.15, 0.2) is 114 Å². The summed E-state index contributed by atoms with van der Waals surface area (Å²) < 4.78 is 5.82. The molecule has 0 aliphatic carbocycles. The van der Waals surface area contributed by atoms with Crippen molar-refractivity contribution in [3.8, 4) is 16.9 Å². The van der Waals surface area contributed by atoms with Crippen LogP contribution in [0.4, 0.5) is 5.69 Å². The molecule has 0 bridgehead atoms. The zero-order chi connectivity index (χ0) is 21.3. The highest BCUT2D eigenvalue weighted by molar-refractivity contribution is 5.92. The molecular weight excluding hydrogens is 382 g/mol. The van der Waals surface area contributed by atoms with E-state index in [1.165, 1.54) is 11.1 Å². The first-order valence-electron chi connectivity index (χ1n) is 10.2. The maximum Gasteiger partial charge on any atom is 0.193 e. The van der Waals surface area contributed by atoms with Gasteiger partial charge in [0.05, 0.1) is 6.54 Å². The summed E-state index contributed by atoms with van der Waals surface area (Å²) in [5.41, 5.74) is 11.6. The van der Waals surface area contributed by atoms with Crippen molar-refractivity contribution in [2.45, 2.75) is 13.2 Å². The smallest absolute Gasteiger partial charge is 0.193 e. The van der Waals surface area contributed by atoms with Crippen LogP contribution in [-0.4, -0.2) is 5.96 Å². The minimum absolute atomic E-state index is 0.376. The molecule has 0 unspecified atom stereocenters. The second kappa shape index (κ2) is 10.1. The Morgan fingerprint density at radius 2 is 1.39 bits per heavy atom. The van der Waals surface area contributed by atoms with E-state index in [9.17, 15) is 0 Å². The average molecular weight is 408 g/mol. The molecule has 4 nitrogen and oxygen atoms in total. The van der Waals surface area contributed by atoms with Crippen molar-refractivity contribution >= 4 is 11.6 Å². The second-order valence-electron chi connectivity index (χ2n) is 7.15. The molecule has 31 heavy (non-hydrogen) atoms. The lowest BCUT2D eigenvalue weighted by molar-refractivity contribution is 0.306. The molecule has 0 amide bonds. The third kappa shape index (κ3) is 5.73. The van der Waals surface area contributed by atoms with Crippen LogP contribution in [0.3, 0.4) is 0 Å². The molecule has 4 aromatic rings. The predicted octanol–water partition coefficient (Wildman–Crippen LogP) is 5.86. The molecule has 3 N–H and O–H groups in total. The number of anilines is 1. The molecule has 0 fully saturated rings. The third-order valence-corrected chi connectivity index (χ3v) is 4.90. The Hall–Kier alpha value is -4.05. The van der Waals surface area contributed by atoms with E-state index in [4.69, 9.17) is 10.5 Å². The number of rotatable bonds is 7. The second-order valence-corrected chi connectivity index (χ2v) is 7.15. The predicted molar refractivity (Wildman–Crippen MR) is 128 cm³/mol. The van der Waals surface area contributed by atoms with Crippen LogP contribution in [0.1, 0.15) is 11.1 Å². The molecule has 4 rings (SSSR count). The van der Waals surface area contributed by atoms with Crippen molar-refractivity contribution in [2.24, 2.45) is 10.7 Å². The Morgan fingerprint density at radius 1 is 0.742 bits per heavy atom. The lowest BCUT2D eigenvalue weighted by atomic mass is 10.00. The van der Waals surface area contributed by atoms with E-state index in [1.807, 2.05) is 84.9 Å². The van der Waals surface area contributed by atoms with E-state index in [0.29, 0.717) is 19.1 Å². The lowest BCUT2D eigenvalue weighted by Crippen LogP contribution is -2.22. The Labute approximate surface area is 183 Å². The Kier molecular flexibility index (Phi) is 6.61. The summed E-state index contributed by atoms with van der Waals surface area (Å²) in [5, 5.41) is 3.14. The standard InChI is InChI=1S/C27H25N3O/c28-27(29-19-23-13-7-8-14-26(23)22-11-5-2-6-12-22)30-24-15-17-25(18-16-24)31-20-21-9-3-1-4-10-21/h1-18H,19-20H2,(H3,28,29,30). The zero-order valence-electron chi connectivity index (χ0n) is 17.2. The van der Waals surface area contributed by atoms with Crippen molar-refractivity contribution in [1.82, 2.24) is 0 Å². The van der Waals surface area contributed by atoms with E-state index < -0.39 is 0 Å². The van der Waals surface area contributed by atoms with Gasteiger partial charge in [-0.3, -0.25) is 0 Å². The van der Waals surface area contributed by atoms with Crippen molar-refractivity contribution in [3.05, 3.63) is 120 Å². The van der Waals surface area contributed by atoms with Gasteiger partial charge in [-0.15, -0.1) is 0 Å². The van der Waals surface area contributed by atoms with Crippen LogP contribution in [-0.2, 0) is 13.2 Å². The van der Waals surface area contributed by atoms with Gasteiger partial charge in [-0.1, -0.05) is 84.9 Å². The van der Waals surface area contributed by atoms with E-state index >= 15 is 0 Å². The Morgan fingerprint density at radius 3 is 2.13 bits per heavy atom. The Balaban J connectivity index is 1.36. The molecule has 154 valence electrons. The first-order chi connectivity index (χ1) is 15.3. The van der Waals surface area contributed by atoms with Crippen molar-refractivity contribution in [2.75, 3.05) is 5.32 Å². The normalized spacial score (nSPS) is 11.2. The summed E-state index contributed by atoms with van der Waals surface area (Å²) in [6.07, 6.45) is 0. The topological polar surface area (TPSA) is 59.6 Å². The maximum atomic E-state index is 6.12. The van der Waals surface area contributed by atoms with Gasteiger partial charge in [-0.25, -0.2) is 4.99 Å². The number of benzene rings is 4. The molecule has 0 saturated carbocycles. The number of nitrogens with zero attached hydrogens (tertiary/aromatic N) is 1. The molecule has 4 heteroatoms. The quantitative estimate of drug-likeness (QED) is 0.298. The fourth-order valence-electron chi connectivity index (χ4n) is 3.29. The fraction of sp³-hybridized carbons (Fsp3) is 0.0741. The number of hydrogen-bond acceptors (Lipinski definition) is 2. The van der Waals surface area contributed by atoms with Crippen LogP contribution in [0, 0.1) is 0 Å². The van der Waals surface area contributed by atoms with Gasteiger partial charge in [0.15, 0.2) is 5.96 Å². The number of aliphatic imine (C=N–C) groups is 1. The van der Waals surface area contributed by atoms with E-state index in [0.717, 1.165) is 22.6 Å². The van der Waals surface area contributed by atoms with E-state index in [1.54, 1.807) is 0 Å². The van der Waals surface area contributed by atoms with Crippen LogP contribution >= 0.6 is 0 Å². The molecule has 0 radical (unpaired) electrons.